The first-order valence-electron chi connectivity index (χ1n) is 4.19. The van der Waals surface area contributed by atoms with E-state index in [1.807, 2.05) is 0 Å². The summed E-state index contributed by atoms with van der Waals surface area (Å²) < 4.78 is 0. The summed E-state index contributed by atoms with van der Waals surface area (Å²) in [5.41, 5.74) is -1.52. The number of hydrogen-bond acceptors (Lipinski definition) is 3. The molecule has 0 fully saturated rings. The Labute approximate surface area is 89.8 Å². The molecule has 1 aromatic rings. The molecule has 84 valence electrons. The lowest BCUT2D eigenvalue weighted by Gasteiger charge is -2.08. The zero-order chi connectivity index (χ0) is 12.5. The lowest BCUT2D eigenvalue weighted by Crippen LogP contribution is -2.16. The van der Waals surface area contributed by atoms with E-state index >= 15 is 0 Å². The fraction of sp³-hybridized carbons (Fsp3) is 0.100. The van der Waals surface area contributed by atoms with Gasteiger partial charge in [-0.2, -0.15) is 0 Å². The van der Waals surface area contributed by atoms with Crippen LogP contribution in [0.1, 0.15) is 36.6 Å². The second-order valence-electron chi connectivity index (χ2n) is 3.10. The Hall–Kier alpha value is -2.37. The van der Waals surface area contributed by atoms with Crippen LogP contribution in [0, 0.1) is 6.92 Å². The van der Waals surface area contributed by atoms with Crippen molar-refractivity contribution in [2.75, 3.05) is 0 Å². The fourth-order valence-electron chi connectivity index (χ4n) is 1.38. The molecule has 0 unspecified atom stereocenters. The van der Waals surface area contributed by atoms with Crippen LogP contribution in [0.2, 0.25) is 0 Å². The number of hydrogen-bond donors (Lipinski definition) is 3. The van der Waals surface area contributed by atoms with E-state index in [9.17, 15) is 14.4 Å². The molecule has 1 aromatic carbocycles. The monoisotopic (exact) mass is 224 g/mol. The summed E-state index contributed by atoms with van der Waals surface area (Å²) >= 11 is 0. The van der Waals surface area contributed by atoms with E-state index in [-0.39, 0.29) is 5.56 Å². The van der Waals surface area contributed by atoms with E-state index in [0.29, 0.717) is 0 Å². The molecular formula is C10H8O6. The minimum absolute atomic E-state index is 0.204. The van der Waals surface area contributed by atoms with Gasteiger partial charge in [-0.3, -0.25) is 0 Å². The van der Waals surface area contributed by atoms with Gasteiger partial charge < -0.3 is 15.3 Å². The highest BCUT2D eigenvalue weighted by Gasteiger charge is 2.25. The molecule has 0 saturated carbocycles. The van der Waals surface area contributed by atoms with Crippen molar-refractivity contribution in [3.8, 4) is 0 Å². The van der Waals surface area contributed by atoms with E-state index in [1.54, 1.807) is 0 Å². The van der Waals surface area contributed by atoms with Gasteiger partial charge in [0, 0.05) is 0 Å². The first-order valence-corrected chi connectivity index (χ1v) is 4.19. The molecule has 0 heterocycles. The number of benzene rings is 1. The zero-order valence-electron chi connectivity index (χ0n) is 8.22. The smallest absolute Gasteiger partial charge is 0.337 e. The molecule has 0 spiro atoms. The predicted molar refractivity (Wildman–Crippen MR) is 52.1 cm³/mol. The molecule has 0 aromatic heterocycles. The molecule has 0 aliphatic heterocycles. The highest BCUT2D eigenvalue weighted by Crippen LogP contribution is 2.19. The van der Waals surface area contributed by atoms with Crippen LogP contribution in [-0.2, 0) is 0 Å². The third kappa shape index (κ3) is 1.85. The van der Waals surface area contributed by atoms with Crippen LogP contribution in [0.15, 0.2) is 12.1 Å². The summed E-state index contributed by atoms with van der Waals surface area (Å²) in [5, 5.41) is 26.4. The maximum Gasteiger partial charge on any atom is 0.337 e. The van der Waals surface area contributed by atoms with Gasteiger partial charge in [-0.15, -0.1) is 0 Å². The first-order chi connectivity index (χ1) is 7.36. The van der Waals surface area contributed by atoms with Gasteiger partial charge in [0.05, 0.1) is 16.7 Å². The maximum atomic E-state index is 10.9. The number of aryl methyl sites for hydroxylation is 1. The maximum absolute atomic E-state index is 10.9. The van der Waals surface area contributed by atoms with E-state index in [4.69, 9.17) is 15.3 Å². The Kier molecular flexibility index (Phi) is 2.94. The SMILES string of the molecule is Cc1ccc(C(=O)O)c(C(=O)O)c1C(=O)O. The van der Waals surface area contributed by atoms with Gasteiger partial charge in [-0.25, -0.2) is 14.4 Å². The molecule has 0 bridgehead atoms. The quantitative estimate of drug-likeness (QED) is 0.708. The van der Waals surface area contributed by atoms with E-state index in [1.165, 1.54) is 13.0 Å². The largest absolute Gasteiger partial charge is 0.478 e. The van der Waals surface area contributed by atoms with Crippen LogP contribution in [0.25, 0.3) is 0 Å². The van der Waals surface area contributed by atoms with Crippen molar-refractivity contribution < 1.29 is 29.7 Å². The van der Waals surface area contributed by atoms with Crippen molar-refractivity contribution in [1.29, 1.82) is 0 Å². The van der Waals surface area contributed by atoms with Crippen LogP contribution in [0.4, 0.5) is 0 Å². The summed E-state index contributed by atoms with van der Waals surface area (Å²) in [5.74, 6) is -4.50. The molecule has 16 heavy (non-hydrogen) atoms. The van der Waals surface area contributed by atoms with Gasteiger partial charge in [0.25, 0.3) is 0 Å². The lowest BCUT2D eigenvalue weighted by atomic mass is 9.96. The molecular weight excluding hydrogens is 216 g/mol. The normalized spacial score (nSPS) is 9.81. The van der Waals surface area contributed by atoms with Crippen LogP contribution < -0.4 is 0 Å². The summed E-state index contributed by atoms with van der Waals surface area (Å²) in [6.07, 6.45) is 0. The Morgan fingerprint density at radius 1 is 0.875 bits per heavy atom. The van der Waals surface area contributed by atoms with Crippen LogP contribution >= 0.6 is 0 Å². The lowest BCUT2D eigenvalue weighted by molar-refractivity contribution is 0.0632. The van der Waals surface area contributed by atoms with Gasteiger partial charge in [-0.1, -0.05) is 6.07 Å². The summed E-state index contributed by atoms with van der Waals surface area (Å²) in [6, 6.07) is 2.34. The molecule has 6 nitrogen and oxygen atoms in total. The van der Waals surface area contributed by atoms with Crippen molar-refractivity contribution in [3.05, 3.63) is 34.4 Å². The minimum atomic E-state index is -1.57. The van der Waals surface area contributed by atoms with E-state index in [2.05, 4.69) is 0 Å². The topological polar surface area (TPSA) is 112 Å². The molecule has 0 aliphatic rings. The van der Waals surface area contributed by atoms with Crippen molar-refractivity contribution in [2.24, 2.45) is 0 Å². The highest BCUT2D eigenvalue weighted by molar-refractivity contribution is 6.09. The Morgan fingerprint density at radius 3 is 1.75 bits per heavy atom. The third-order valence-corrected chi connectivity index (χ3v) is 2.07. The number of carbonyl (C=O) groups is 3. The summed E-state index contributed by atoms with van der Waals surface area (Å²) in [7, 11) is 0. The highest BCUT2D eigenvalue weighted by atomic mass is 16.4. The van der Waals surface area contributed by atoms with Gasteiger partial charge in [0.15, 0.2) is 0 Å². The number of aromatic carboxylic acids is 3. The summed E-state index contributed by atoms with van der Waals surface area (Å²) in [6.45, 7) is 1.40. The van der Waals surface area contributed by atoms with Crippen molar-refractivity contribution in [1.82, 2.24) is 0 Å². The van der Waals surface area contributed by atoms with Gasteiger partial charge in [0.1, 0.15) is 0 Å². The predicted octanol–water partition coefficient (Wildman–Crippen LogP) is 1.09. The molecule has 0 amide bonds. The molecule has 0 saturated heterocycles. The average molecular weight is 224 g/mol. The molecule has 6 heteroatoms. The minimum Gasteiger partial charge on any atom is -0.478 e. The van der Waals surface area contributed by atoms with Crippen LogP contribution in [0.5, 0.6) is 0 Å². The molecule has 1 rings (SSSR count). The van der Waals surface area contributed by atoms with Crippen molar-refractivity contribution >= 4 is 17.9 Å². The van der Waals surface area contributed by atoms with Gasteiger partial charge >= 0.3 is 17.9 Å². The molecule has 0 aliphatic carbocycles. The zero-order valence-corrected chi connectivity index (χ0v) is 8.22. The van der Waals surface area contributed by atoms with Gasteiger partial charge in [-0.05, 0) is 18.6 Å². The standard InChI is InChI=1S/C10H8O6/c1-4-2-3-5(8(11)12)7(10(15)16)6(4)9(13)14/h2-3H,1H3,(H,11,12)(H,13,14)(H,15,16). The molecule has 0 atom stereocenters. The van der Waals surface area contributed by atoms with Crippen molar-refractivity contribution in [2.45, 2.75) is 6.92 Å². The summed E-state index contributed by atoms with van der Waals surface area (Å²) in [4.78, 5) is 32.5. The Morgan fingerprint density at radius 2 is 1.38 bits per heavy atom. The van der Waals surface area contributed by atoms with Crippen LogP contribution in [-0.4, -0.2) is 33.2 Å². The average Bonchev–Trinajstić information content (AvgIpc) is 2.15. The second kappa shape index (κ2) is 4.01. The van der Waals surface area contributed by atoms with E-state index < -0.39 is 34.6 Å². The fourth-order valence-corrected chi connectivity index (χ4v) is 1.38. The number of carboxylic acid groups (broad SMARTS) is 3. The second-order valence-corrected chi connectivity index (χ2v) is 3.10. The van der Waals surface area contributed by atoms with Crippen LogP contribution in [0.3, 0.4) is 0 Å². The first kappa shape index (κ1) is 11.7. The molecule has 0 radical (unpaired) electrons. The molecule has 3 N–H and O–H groups in total. The third-order valence-electron chi connectivity index (χ3n) is 2.07. The number of carboxylic acids is 3. The van der Waals surface area contributed by atoms with E-state index in [0.717, 1.165) is 6.07 Å². The van der Waals surface area contributed by atoms with Crippen molar-refractivity contribution in [3.63, 3.8) is 0 Å². The van der Waals surface area contributed by atoms with Gasteiger partial charge in [0.2, 0.25) is 0 Å². The number of rotatable bonds is 3. The Balaban J connectivity index is 3.70. The Bertz CT molecular complexity index is 488.